The van der Waals surface area contributed by atoms with E-state index in [4.69, 9.17) is 15.8 Å². The molecule has 7 nitrogen and oxygen atoms in total. The minimum Gasteiger partial charge on any atom is -0.386 e. The largest absolute Gasteiger partial charge is 0.386 e. The second-order valence-corrected chi connectivity index (χ2v) is 9.79. The number of carbonyl (C=O) groups is 1. The first kappa shape index (κ1) is 24.5. The summed E-state index contributed by atoms with van der Waals surface area (Å²) < 4.78 is 3.94. The van der Waals surface area contributed by atoms with Crippen LogP contribution in [0.2, 0.25) is 0 Å². The van der Waals surface area contributed by atoms with Crippen molar-refractivity contribution < 1.29 is 9.90 Å². The van der Waals surface area contributed by atoms with Gasteiger partial charge >= 0.3 is 0 Å². The smallest absolute Gasteiger partial charge is 0.248 e. The Hall–Kier alpha value is -4.23. The minimum absolute atomic E-state index is 0.219. The molecule has 2 heterocycles. The van der Waals surface area contributed by atoms with Gasteiger partial charge in [-0.3, -0.25) is 9.48 Å². The van der Waals surface area contributed by atoms with Crippen molar-refractivity contribution in [3.63, 3.8) is 0 Å². The first-order valence-corrected chi connectivity index (χ1v) is 12.4. The van der Waals surface area contributed by atoms with Crippen LogP contribution in [0, 0.1) is 6.92 Å². The molecule has 0 saturated carbocycles. The van der Waals surface area contributed by atoms with Gasteiger partial charge in [0.15, 0.2) is 0 Å². The topological polar surface area (TPSA) is 99.0 Å². The summed E-state index contributed by atoms with van der Waals surface area (Å²) in [4.78, 5) is 16.8. The molecule has 1 unspecified atom stereocenters. The normalized spacial score (nSPS) is 12.4. The molecule has 1 atom stereocenters. The summed E-state index contributed by atoms with van der Waals surface area (Å²) in [5, 5.41) is 16.5. The van der Waals surface area contributed by atoms with E-state index in [1.807, 2.05) is 74.8 Å². The number of nitrogens with two attached hydrogens (primary N) is 1. The molecule has 3 aromatic carbocycles. The number of aromatic nitrogens is 4. The third-order valence-electron chi connectivity index (χ3n) is 6.83. The highest BCUT2D eigenvalue weighted by molar-refractivity contribution is 5.95. The van der Waals surface area contributed by atoms with Gasteiger partial charge < -0.3 is 15.4 Å². The molecular weight excluding hydrogens is 462 g/mol. The zero-order valence-electron chi connectivity index (χ0n) is 21.5. The summed E-state index contributed by atoms with van der Waals surface area (Å²) in [6, 6.07) is 21.1. The number of aliphatic hydroxyl groups excluding tert-OH is 1. The van der Waals surface area contributed by atoms with Gasteiger partial charge in [0, 0.05) is 41.0 Å². The third-order valence-corrected chi connectivity index (χ3v) is 6.83. The average Bonchev–Trinajstić information content (AvgIpc) is 3.44. The Morgan fingerprint density at radius 1 is 1.03 bits per heavy atom. The van der Waals surface area contributed by atoms with E-state index in [0.717, 1.165) is 50.4 Å². The fraction of sp³-hybridized carbons (Fsp3) is 0.233. The maximum Gasteiger partial charge on any atom is 0.248 e. The van der Waals surface area contributed by atoms with Crippen LogP contribution in [0.3, 0.4) is 0 Å². The van der Waals surface area contributed by atoms with Crippen molar-refractivity contribution >= 4 is 16.8 Å². The second kappa shape index (κ2) is 9.67. The molecule has 0 aliphatic heterocycles. The molecular formula is C30H31N5O2. The van der Waals surface area contributed by atoms with Crippen molar-refractivity contribution in [3.8, 4) is 22.6 Å². The molecule has 0 bridgehead atoms. The lowest BCUT2D eigenvalue weighted by atomic mass is 10.0. The number of rotatable bonds is 7. The zero-order valence-corrected chi connectivity index (χ0v) is 21.5. The van der Waals surface area contributed by atoms with E-state index >= 15 is 0 Å². The van der Waals surface area contributed by atoms with Crippen LogP contribution in [-0.2, 0) is 13.6 Å². The lowest BCUT2D eigenvalue weighted by Gasteiger charge is -2.12. The number of hydrogen-bond donors (Lipinski definition) is 2. The Balaban J connectivity index is 1.60. The van der Waals surface area contributed by atoms with Crippen molar-refractivity contribution in [2.24, 2.45) is 12.8 Å². The Labute approximate surface area is 216 Å². The molecule has 188 valence electrons. The molecule has 7 heteroatoms. The molecule has 0 radical (unpaired) electrons. The summed E-state index contributed by atoms with van der Waals surface area (Å²) in [5.41, 5.74) is 12.6. The summed E-state index contributed by atoms with van der Waals surface area (Å²) in [7, 11) is 2.03. The number of hydrogen-bond acceptors (Lipinski definition) is 4. The number of amides is 1. The number of fused-ring (bicyclic) bond motifs is 1. The number of aryl methyl sites for hydroxylation is 1. The standard InChI is InChI=1S/C30H31N5O2/c1-18(2)28-27(32-30(34(28)4)22-14-13-21(29(31)37)15-19(22)3)23-11-8-12-25-24(23)16-35(33-25)17-26(36)20-9-6-5-7-10-20/h5-16,18,26,36H,17H2,1-4H3,(H2,31,37). The van der Waals surface area contributed by atoms with Crippen LogP contribution in [-0.4, -0.2) is 30.3 Å². The summed E-state index contributed by atoms with van der Waals surface area (Å²) in [6.45, 7) is 6.64. The number of benzene rings is 3. The first-order valence-electron chi connectivity index (χ1n) is 12.4. The van der Waals surface area contributed by atoms with Gasteiger partial charge in [-0.05, 0) is 42.2 Å². The Kier molecular flexibility index (Phi) is 6.39. The lowest BCUT2D eigenvalue weighted by Crippen LogP contribution is -2.11. The van der Waals surface area contributed by atoms with Crippen molar-refractivity contribution in [1.82, 2.24) is 19.3 Å². The summed E-state index contributed by atoms with van der Waals surface area (Å²) >= 11 is 0. The van der Waals surface area contributed by atoms with E-state index in [9.17, 15) is 9.90 Å². The van der Waals surface area contributed by atoms with E-state index < -0.39 is 12.0 Å². The van der Waals surface area contributed by atoms with Gasteiger partial charge in [0.1, 0.15) is 5.82 Å². The van der Waals surface area contributed by atoms with Gasteiger partial charge in [-0.1, -0.05) is 62.4 Å². The van der Waals surface area contributed by atoms with Crippen LogP contribution >= 0.6 is 0 Å². The maximum atomic E-state index is 11.7. The number of primary amides is 1. The highest BCUT2D eigenvalue weighted by Crippen LogP contribution is 2.37. The molecule has 37 heavy (non-hydrogen) atoms. The minimum atomic E-state index is -0.655. The molecule has 0 fully saturated rings. The molecule has 2 aromatic heterocycles. The van der Waals surface area contributed by atoms with Gasteiger partial charge in [-0.25, -0.2) is 4.98 Å². The van der Waals surface area contributed by atoms with E-state index in [1.54, 1.807) is 10.7 Å². The quantitative estimate of drug-likeness (QED) is 0.318. The summed E-state index contributed by atoms with van der Waals surface area (Å²) in [6.07, 6.45) is 1.33. The number of aliphatic hydroxyl groups is 1. The highest BCUT2D eigenvalue weighted by Gasteiger charge is 2.23. The maximum absolute atomic E-state index is 11.7. The van der Waals surface area contributed by atoms with Crippen LogP contribution in [0.1, 0.15) is 53.0 Å². The van der Waals surface area contributed by atoms with E-state index in [0.29, 0.717) is 12.1 Å². The molecule has 5 rings (SSSR count). The van der Waals surface area contributed by atoms with Crippen LogP contribution < -0.4 is 5.73 Å². The number of carbonyl (C=O) groups excluding carboxylic acids is 1. The second-order valence-electron chi connectivity index (χ2n) is 9.79. The van der Waals surface area contributed by atoms with Crippen LogP contribution in [0.5, 0.6) is 0 Å². The van der Waals surface area contributed by atoms with Crippen molar-refractivity contribution in [1.29, 1.82) is 0 Å². The Morgan fingerprint density at radius 3 is 2.46 bits per heavy atom. The predicted octanol–water partition coefficient (Wildman–Crippen LogP) is 5.37. The number of imidazole rings is 1. The van der Waals surface area contributed by atoms with Crippen LogP contribution in [0.15, 0.2) is 72.9 Å². The summed E-state index contributed by atoms with van der Waals surface area (Å²) in [5.74, 6) is 0.604. The molecule has 0 saturated heterocycles. The van der Waals surface area contributed by atoms with Gasteiger partial charge in [-0.15, -0.1) is 0 Å². The van der Waals surface area contributed by atoms with E-state index in [2.05, 4.69) is 24.5 Å². The van der Waals surface area contributed by atoms with Crippen molar-refractivity contribution in [3.05, 3.63) is 95.3 Å². The van der Waals surface area contributed by atoms with Crippen molar-refractivity contribution in [2.75, 3.05) is 0 Å². The predicted molar refractivity (Wildman–Crippen MR) is 146 cm³/mol. The van der Waals surface area contributed by atoms with Gasteiger partial charge in [0.2, 0.25) is 5.91 Å². The van der Waals surface area contributed by atoms with E-state index in [1.165, 1.54) is 0 Å². The molecule has 5 aromatic rings. The van der Waals surface area contributed by atoms with Crippen LogP contribution in [0.4, 0.5) is 0 Å². The van der Waals surface area contributed by atoms with E-state index in [-0.39, 0.29) is 5.92 Å². The molecule has 0 spiro atoms. The first-order chi connectivity index (χ1) is 17.7. The Bertz CT molecular complexity index is 1600. The third kappa shape index (κ3) is 4.54. The highest BCUT2D eigenvalue weighted by atomic mass is 16.3. The zero-order chi connectivity index (χ0) is 26.3. The lowest BCUT2D eigenvalue weighted by molar-refractivity contribution is 0.1000. The average molecular weight is 494 g/mol. The monoisotopic (exact) mass is 493 g/mol. The fourth-order valence-electron chi connectivity index (χ4n) is 5.03. The van der Waals surface area contributed by atoms with Gasteiger partial charge in [0.05, 0.1) is 23.9 Å². The Morgan fingerprint density at radius 2 is 1.78 bits per heavy atom. The SMILES string of the molecule is Cc1cc(C(N)=O)ccc1-c1nc(-c2cccc3nn(CC(O)c4ccccc4)cc23)c(C(C)C)n1C. The van der Waals surface area contributed by atoms with Gasteiger partial charge in [0.25, 0.3) is 0 Å². The fourth-order valence-corrected chi connectivity index (χ4v) is 5.03. The number of nitrogens with zero attached hydrogens (tertiary/aromatic N) is 4. The van der Waals surface area contributed by atoms with Gasteiger partial charge in [-0.2, -0.15) is 5.10 Å². The molecule has 3 N–H and O–H groups in total. The van der Waals surface area contributed by atoms with Crippen LogP contribution in [0.25, 0.3) is 33.5 Å². The molecule has 0 aliphatic rings. The van der Waals surface area contributed by atoms with Crippen molar-refractivity contribution in [2.45, 2.75) is 39.3 Å². The molecule has 1 amide bonds. The molecule has 0 aliphatic carbocycles.